The van der Waals surface area contributed by atoms with Crippen LogP contribution in [0.1, 0.15) is 17.8 Å². The summed E-state index contributed by atoms with van der Waals surface area (Å²) < 4.78 is 28.6. The molecule has 8 nitrogen and oxygen atoms in total. The van der Waals surface area contributed by atoms with Crippen LogP contribution >= 0.6 is 0 Å². The molecule has 20 heavy (non-hydrogen) atoms. The predicted molar refractivity (Wildman–Crippen MR) is 74.8 cm³/mol. The van der Waals surface area contributed by atoms with Crippen molar-refractivity contribution in [2.75, 3.05) is 11.3 Å². The Morgan fingerprint density at radius 2 is 2.20 bits per heavy atom. The standard InChI is InChI=1S/C11H18N6O2S/c1-8-11(9(2)15-14-8)16-20(18,19)10-6-13-17(7-10)5-3-4-12/h6-7,16H,3-5,12H2,1-2H3,(H,14,15). The van der Waals surface area contributed by atoms with Crippen LogP contribution in [-0.2, 0) is 16.6 Å². The summed E-state index contributed by atoms with van der Waals surface area (Å²) in [7, 11) is -3.66. The summed E-state index contributed by atoms with van der Waals surface area (Å²) in [5, 5.41) is 10.7. The molecule has 0 bridgehead atoms. The van der Waals surface area contributed by atoms with Crippen LogP contribution in [0.15, 0.2) is 17.3 Å². The van der Waals surface area contributed by atoms with E-state index in [-0.39, 0.29) is 4.90 Å². The highest BCUT2D eigenvalue weighted by Gasteiger charge is 2.19. The molecule has 110 valence electrons. The van der Waals surface area contributed by atoms with Crippen LogP contribution in [-0.4, -0.2) is 34.9 Å². The van der Waals surface area contributed by atoms with Crippen molar-refractivity contribution in [3.05, 3.63) is 23.8 Å². The lowest BCUT2D eigenvalue weighted by molar-refractivity contribution is 0.582. The monoisotopic (exact) mass is 298 g/mol. The number of nitrogens with one attached hydrogen (secondary N) is 2. The summed E-state index contributed by atoms with van der Waals surface area (Å²) in [5.74, 6) is 0. The van der Waals surface area contributed by atoms with Gasteiger partial charge < -0.3 is 5.73 Å². The molecular weight excluding hydrogens is 280 g/mol. The van der Waals surface area contributed by atoms with Crippen LogP contribution in [0.4, 0.5) is 5.69 Å². The fourth-order valence-corrected chi connectivity index (χ4v) is 2.89. The molecule has 0 fully saturated rings. The third-order valence-corrected chi connectivity index (χ3v) is 4.18. The molecule has 0 amide bonds. The van der Waals surface area contributed by atoms with Crippen LogP contribution in [0.2, 0.25) is 0 Å². The maximum Gasteiger partial charge on any atom is 0.265 e. The molecule has 2 heterocycles. The van der Waals surface area contributed by atoms with Gasteiger partial charge in [-0.05, 0) is 26.8 Å². The second-order valence-electron chi connectivity index (χ2n) is 4.50. The molecule has 0 saturated heterocycles. The smallest absolute Gasteiger partial charge is 0.265 e. The third kappa shape index (κ3) is 2.99. The van der Waals surface area contributed by atoms with Gasteiger partial charge in [0.15, 0.2) is 0 Å². The van der Waals surface area contributed by atoms with Gasteiger partial charge >= 0.3 is 0 Å². The first-order chi connectivity index (χ1) is 9.44. The highest BCUT2D eigenvalue weighted by molar-refractivity contribution is 7.92. The lowest BCUT2D eigenvalue weighted by Crippen LogP contribution is -2.13. The first-order valence-corrected chi connectivity index (χ1v) is 7.69. The van der Waals surface area contributed by atoms with E-state index in [0.29, 0.717) is 30.2 Å². The van der Waals surface area contributed by atoms with Crippen LogP contribution in [0.5, 0.6) is 0 Å². The van der Waals surface area contributed by atoms with Gasteiger partial charge in [0.1, 0.15) is 4.90 Å². The van der Waals surface area contributed by atoms with E-state index in [0.717, 1.165) is 6.42 Å². The van der Waals surface area contributed by atoms with Gasteiger partial charge in [0.2, 0.25) is 0 Å². The molecule has 9 heteroatoms. The Kier molecular flexibility index (Phi) is 4.09. The first kappa shape index (κ1) is 14.5. The molecule has 0 aliphatic rings. The van der Waals surface area contributed by atoms with Crippen LogP contribution in [0, 0.1) is 13.8 Å². The van der Waals surface area contributed by atoms with Gasteiger partial charge in [-0.15, -0.1) is 0 Å². The number of H-pyrrole nitrogens is 1. The van der Waals surface area contributed by atoms with E-state index in [2.05, 4.69) is 20.0 Å². The summed E-state index contributed by atoms with van der Waals surface area (Å²) in [6, 6.07) is 0. The van der Waals surface area contributed by atoms with Crippen molar-refractivity contribution in [2.45, 2.75) is 31.7 Å². The van der Waals surface area contributed by atoms with Gasteiger partial charge in [-0.2, -0.15) is 10.2 Å². The van der Waals surface area contributed by atoms with Crippen molar-refractivity contribution < 1.29 is 8.42 Å². The second kappa shape index (κ2) is 5.63. The first-order valence-electron chi connectivity index (χ1n) is 6.21. The SMILES string of the molecule is Cc1n[nH]c(C)c1NS(=O)(=O)c1cnn(CCCN)c1. The van der Waals surface area contributed by atoms with Crippen molar-refractivity contribution in [3.8, 4) is 0 Å². The zero-order valence-electron chi connectivity index (χ0n) is 11.4. The highest BCUT2D eigenvalue weighted by atomic mass is 32.2. The molecule has 0 radical (unpaired) electrons. The number of aromatic nitrogens is 4. The summed E-state index contributed by atoms with van der Waals surface area (Å²) in [6.07, 6.45) is 3.56. The number of sulfonamides is 1. The molecule has 2 aromatic heterocycles. The Morgan fingerprint density at radius 3 is 2.80 bits per heavy atom. The largest absolute Gasteiger partial charge is 0.330 e. The average molecular weight is 298 g/mol. The molecular formula is C11H18N6O2S. The molecule has 0 spiro atoms. The minimum Gasteiger partial charge on any atom is -0.330 e. The van der Waals surface area contributed by atoms with Crippen LogP contribution in [0.3, 0.4) is 0 Å². The molecule has 0 unspecified atom stereocenters. The number of aryl methyl sites for hydroxylation is 3. The van der Waals surface area contributed by atoms with Gasteiger partial charge in [-0.25, -0.2) is 8.42 Å². The van der Waals surface area contributed by atoms with Gasteiger partial charge in [-0.3, -0.25) is 14.5 Å². The molecule has 0 saturated carbocycles. The predicted octanol–water partition coefficient (Wildman–Crippen LogP) is 0.373. The molecule has 2 rings (SSSR count). The second-order valence-corrected chi connectivity index (χ2v) is 6.18. The van der Waals surface area contributed by atoms with Gasteiger partial charge in [0.05, 0.1) is 23.3 Å². The fourth-order valence-electron chi connectivity index (χ4n) is 1.75. The normalized spacial score (nSPS) is 11.8. The minimum absolute atomic E-state index is 0.120. The summed E-state index contributed by atoms with van der Waals surface area (Å²) >= 11 is 0. The topological polar surface area (TPSA) is 119 Å². The third-order valence-electron chi connectivity index (χ3n) is 2.88. The average Bonchev–Trinajstić information content (AvgIpc) is 2.99. The Labute approximate surface area is 117 Å². The minimum atomic E-state index is -3.66. The number of aromatic amines is 1. The number of nitrogens with zero attached hydrogens (tertiary/aromatic N) is 3. The van der Waals surface area contributed by atoms with E-state index in [1.807, 2.05) is 0 Å². The Balaban J connectivity index is 2.20. The molecule has 0 aliphatic heterocycles. The van der Waals surface area contributed by atoms with E-state index < -0.39 is 10.0 Å². The van der Waals surface area contributed by atoms with Crippen molar-refractivity contribution in [1.82, 2.24) is 20.0 Å². The van der Waals surface area contributed by atoms with Gasteiger partial charge in [0.25, 0.3) is 10.0 Å². The van der Waals surface area contributed by atoms with Crippen molar-refractivity contribution >= 4 is 15.7 Å². The highest BCUT2D eigenvalue weighted by Crippen LogP contribution is 2.20. The number of hydrogen-bond donors (Lipinski definition) is 3. The molecule has 0 aromatic carbocycles. The Morgan fingerprint density at radius 1 is 1.45 bits per heavy atom. The Hall–Kier alpha value is -1.87. The zero-order chi connectivity index (χ0) is 14.8. The molecule has 4 N–H and O–H groups in total. The number of nitrogens with two attached hydrogens (primary N) is 1. The quantitative estimate of drug-likeness (QED) is 0.712. The molecule has 0 aliphatic carbocycles. The molecule has 0 atom stereocenters. The van der Waals surface area contributed by atoms with Crippen molar-refractivity contribution in [1.29, 1.82) is 0 Å². The number of hydrogen-bond acceptors (Lipinski definition) is 5. The molecule has 2 aromatic rings. The van der Waals surface area contributed by atoms with Crippen molar-refractivity contribution in [2.24, 2.45) is 5.73 Å². The lowest BCUT2D eigenvalue weighted by Gasteiger charge is -2.05. The van der Waals surface area contributed by atoms with E-state index >= 15 is 0 Å². The summed E-state index contributed by atoms with van der Waals surface area (Å²) in [6.45, 7) is 4.61. The summed E-state index contributed by atoms with van der Waals surface area (Å²) in [4.78, 5) is 0.120. The van der Waals surface area contributed by atoms with Crippen LogP contribution in [0.25, 0.3) is 0 Å². The Bertz CT molecular complexity index is 668. The van der Waals surface area contributed by atoms with E-state index in [4.69, 9.17) is 5.73 Å². The van der Waals surface area contributed by atoms with Gasteiger partial charge in [-0.1, -0.05) is 0 Å². The number of anilines is 1. The van der Waals surface area contributed by atoms with E-state index in [1.165, 1.54) is 12.4 Å². The maximum absolute atomic E-state index is 12.3. The number of rotatable bonds is 6. The lowest BCUT2D eigenvalue weighted by atomic mass is 10.3. The maximum atomic E-state index is 12.3. The van der Waals surface area contributed by atoms with E-state index in [1.54, 1.807) is 18.5 Å². The van der Waals surface area contributed by atoms with E-state index in [9.17, 15) is 8.42 Å². The summed E-state index contributed by atoms with van der Waals surface area (Å²) in [5.41, 5.74) is 7.15. The zero-order valence-corrected chi connectivity index (χ0v) is 12.2. The van der Waals surface area contributed by atoms with Gasteiger partial charge in [0, 0.05) is 12.7 Å². The van der Waals surface area contributed by atoms with Crippen LogP contribution < -0.4 is 10.5 Å². The van der Waals surface area contributed by atoms with Crippen molar-refractivity contribution in [3.63, 3.8) is 0 Å². The fraction of sp³-hybridized carbons (Fsp3) is 0.455.